The van der Waals surface area contributed by atoms with Crippen molar-refractivity contribution in [2.24, 2.45) is 0 Å². The lowest BCUT2D eigenvalue weighted by molar-refractivity contribution is 0.0815. The molecular formula is C30H21NO4. The molecule has 0 bridgehead atoms. The van der Waals surface area contributed by atoms with Gasteiger partial charge in [0.25, 0.3) is 0 Å². The molecule has 1 aliphatic heterocycles. The summed E-state index contributed by atoms with van der Waals surface area (Å²) in [6.45, 7) is 0. The summed E-state index contributed by atoms with van der Waals surface area (Å²) in [4.78, 5) is 40.3. The average molecular weight is 460 g/mol. The van der Waals surface area contributed by atoms with Crippen LogP contribution in [0, 0.1) is 0 Å². The second kappa shape index (κ2) is 8.22. The van der Waals surface area contributed by atoms with Crippen LogP contribution in [0.25, 0.3) is 11.1 Å². The Morgan fingerprint density at radius 1 is 0.657 bits per heavy atom. The number of ketones is 3. The molecule has 1 aromatic heterocycles. The van der Waals surface area contributed by atoms with E-state index in [0.29, 0.717) is 11.1 Å². The van der Waals surface area contributed by atoms with Gasteiger partial charge in [0.2, 0.25) is 11.6 Å². The molecule has 0 N–H and O–H groups in total. The van der Waals surface area contributed by atoms with Gasteiger partial charge >= 0.3 is 0 Å². The smallest absolute Gasteiger partial charge is 0.234 e. The van der Waals surface area contributed by atoms with Crippen LogP contribution in [-0.4, -0.2) is 27.9 Å². The highest BCUT2D eigenvalue weighted by Gasteiger charge is 2.63. The van der Waals surface area contributed by atoms with Crippen LogP contribution in [0.1, 0.15) is 54.7 Å². The standard InChI is InChI=1S/C16H13NO2.C14H8O2/c18-14-13-4-2-1-3-11(13)5-8-16(14)15(19-16)12-6-9-17-10-7-12;15-13-11-7-3-1-5-9(11)10-6-2-4-8-12(10)14(13)16/h1-4,6-7,9-10,15H,5,8H2;1-8H. The lowest BCUT2D eigenvalue weighted by Crippen LogP contribution is -2.31. The molecule has 0 saturated carbocycles. The van der Waals surface area contributed by atoms with Crippen molar-refractivity contribution < 1.29 is 19.1 Å². The molecule has 1 saturated heterocycles. The topological polar surface area (TPSA) is 76.6 Å². The molecule has 35 heavy (non-hydrogen) atoms. The third kappa shape index (κ3) is 3.44. The van der Waals surface area contributed by atoms with E-state index in [2.05, 4.69) is 4.98 Å². The monoisotopic (exact) mass is 459 g/mol. The summed E-state index contributed by atoms with van der Waals surface area (Å²) in [6, 6.07) is 26.1. The summed E-state index contributed by atoms with van der Waals surface area (Å²) < 4.78 is 5.82. The number of hydrogen-bond donors (Lipinski definition) is 0. The van der Waals surface area contributed by atoms with E-state index in [1.807, 2.05) is 60.7 Å². The van der Waals surface area contributed by atoms with Crippen LogP contribution in [0.15, 0.2) is 97.3 Å². The number of carbonyl (C=O) groups is 3. The minimum atomic E-state index is -0.615. The maximum atomic E-state index is 12.6. The zero-order valence-corrected chi connectivity index (χ0v) is 18.8. The first-order chi connectivity index (χ1) is 17.1. The molecule has 2 atom stereocenters. The lowest BCUT2D eigenvalue weighted by Gasteiger charge is -2.20. The third-order valence-electron chi connectivity index (χ3n) is 6.96. The first-order valence-corrected chi connectivity index (χ1v) is 11.6. The molecule has 4 aromatic rings. The summed E-state index contributed by atoms with van der Waals surface area (Å²) >= 11 is 0. The Balaban J connectivity index is 0.000000133. The van der Waals surface area contributed by atoms with E-state index >= 15 is 0 Å². The highest BCUT2D eigenvalue weighted by molar-refractivity contribution is 6.52. The number of Topliss-reactive ketones (excluding diaryl/α,β-unsaturated/α-hetero) is 3. The van der Waals surface area contributed by atoms with Crippen LogP contribution in [0.3, 0.4) is 0 Å². The molecule has 7 rings (SSSR count). The summed E-state index contributed by atoms with van der Waals surface area (Å²) in [5.41, 5.74) is 5.10. The van der Waals surface area contributed by atoms with Crippen LogP contribution in [0.5, 0.6) is 0 Å². The molecule has 2 unspecified atom stereocenters. The van der Waals surface area contributed by atoms with E-state index in [0.717, 1.165) is 40.7 Å². The first-order valence-electron chi connectivity index (χ1n) is 11.6. The van der Waals surface area contributed by atoms with Crippen molar-refractivity contribution in [3.63, 3.8) is 0 Å². The maximum Gasteiger partial charge on any atom is 0.234 e. The van der Waals surface area contributed by atoms with Gasteiger partial charge in [0.1, 0.15) is 6.10 Å². The Morgan fingerprint density at radius 2 is 1.17 bits per heavy atom. The highest BCUT2D eigenvalue weighted by atomic mass is 16.6. The van der Waals surface area contributed by atoms with Crippen LogP contribution < -0.4 is 0 Å². The van der Waals surface area contributed by atoms with E-state index in [4.69, 9.17) is 4.74 Å². The van der Waals surface area contributed by atoms with Gasteiger partial charge in [-0.05, 0) is 47.2 Å². The van der Waals surface area contributed by atoms with Gasteiger partial charge in [-0.2, -0.15) is 0 Å². The van der Waals surface area contributed by atoms with Crippen molar-refractivity contribution in [1.82, 2.24) is 4.98 Å². The molecule has 1 fully saturated rings. The van der Waals surface area contributed by atoms with Crippen LogP contribution in [0.2, 0.25) is 0 Å². The quantitative estimate of drug-likeness (QED) is 0.279. The second-order valence-electron chi connectivity index (χ2n) is 8.90. The van der Waals surface area contributed by atoms with E-state index in [9.17, 15) is 14.4 Å². The third-order valence-corrected chi connectivity index (χ3v) is 6.96. The van der Waals surface area contributed by atoms with Gasteiger partial charge in [0.05, 0.1) is 0 Å². The Bertz CT molecular complexity index is 1440. The Hall–Kier alpha value is -4.22. The van der Waals surface area contributed by atoms with Crippen molar-refractivity contribution in [3.8, 4) is 11.1 Å². The van der Waals surface area contributed by atoms with E-state index in [1.165, 1.54) is 0 Å². The number of epoxide rings is 1. The normalized spacial score (nSPS) is 21.4. The van der Waals surface area contributed by atoms with Gasteiger partial charge in [-0.25, -0.2) is 0 Å². The van der Waals surface area contributed by atoms with Gasteiger partial charge in [-0.3, -0.25) is 19.4 Å². The summed E-state index contributed by atoms with van der Waals surface area (Å²) in [6.07, 6.45) is 5.06. The minimum Gasteiger partial charge on any atom is -0.352 e. The zero-order valence-electron chi connectivity index (χ0n) is 18.8. The van der Waals surface area contributed by atoms with Crippen molar-refractivity contribution in [2.45, 2.75) is 24.5 Å². The number of aromatic nitrogens is 1. The Labute approximate surface area is 202 Å². The first kappa shape index (κ1) is 21.3. The molecule has 2 aliphatic carbocycles. The minimum absolute atomic E-state index is 0.101. The van der Waals surface area contributed by atoms with Gasteiger partial charge < -0.3 is 4.74 Å². The zero-order chi connectivity index (χ0) is 24.0. The molecule has 3 aliphatic rings. The number of nitrogens with zero attached hydrogens (tertiary/aromatic N) is 1. The molecule has 5 nitrogen and oxygen atoms in total. The van der Waals surface area contributed by atoms with Crippen molar-refractivity contribution in [1.29, 1.82) is 0 Å². The SMILES string of the molecule is O=C1C(=O)c2ccccc2-c2ccccc21.O=C1c2ccccc2CCC12OC2c1ccncc1. The maximum absolute atomic E-state index is 12.6. The fourth-order valence-electron chi connectivity index (χ4n) is 5.11. The fraction of sp³-hybridized carbons (Fsp3) is 0.133. The fourth-order valence-corrected chi connectivity index (χ4v) is 5.11. The molecule has 0 amide bonds. The van der Waals surface area contributed by atoms with E-state index < -0.39 is 17.2 Å². The molecule has 1 spiro atoms. The molecule has 0 radical (unpaired) electrons. The van der Waals surface area contributed by atoms with E-state index in [-0.39, 0.29) is 11.9 Å². The predicted octanol–water partition coefficient (Wildman–Crippen LogP) is 5.45. The average Bonchev–Trinajstić information content (AvgIpc) is 3.66. The number of carbonyl (C=O) groups excluding carboxylic acids is 3. The molecule has 170 valence electrons. The Kier molecular flexibility index (Phi) is 5.01. The van der Waals surface area contributed by atoms with Crippen molar-refractivity contribution in [2.75, 3.05) is 0 Å². The molecule has 3 aromatic carbocycles. The van der Waals surface area contributed by atoms with Crippen LogP contribution in [0.4, 0.5) is 0 Å². The van der Waals surface area contributed by atoms with Gasteiger partial charge in [0.15, 0.2) is 11.4 Å². The summed E-state index contributed by atoms with van der Waals surface area (Å²) in [7, 11) is 0. The number of pyridine rings is 1. The highest BCUT2D eigenvalue weighted by Crippen LogP contribution is 2.56. The molecule has 5 heteroatoms. The number of rotatable bonds is 1. The number of hydrogen-bond acceptors (Lipinski definition) is 5. The van der Waals surface area contributed by atoms with Gasteiger partial charge in [0, 0.05) is 29.1 Å². The summed E-state index contributed by atoms with van der Waals surface area (Å²) in [5.74, 6) is -0.681. The van der Waals surface area contributed by atoms with Crippen LogP contribution >= 0.6 is 0 Å². The number of ether oxygens (including phenoxy) is 1. The van der Waals surface area contributed by atoms with E-state index in [1.54, 1.807) is 36.7 Å². The number of fused-ring (bicyclic) bond motifs is 4. The number of benzene rings is 3. The largest absolute Gasteiger partial charge is 0.352 e. The lowest BCUT2D eigenvalue weighted by atomic mass is 9.79. The van der Waals surface area contributed by atoms with Crippen molar-refractivity contribution >= 4 is 17.3 Å². The summed E-state index contributed by atoms with van der Waals surface area (Å²) in [5, 5.41) is 0. The van der Waals surface area contributed by atoms with Crippen molar-refractivity contribution in [3.05, 3.63) is 125 Å². The van der Waals surface area contributed by atoms with Gasteiger partial charge in [-0.1, -0.05) is 72.8 Å². The van der Waals surface area contributed by atoms with Gasteiger partial charge in [-0.15, -0.1) is 0 Å². The molecule has 2 heterocycles. The Morgan fingerprint density at radius 3 is 1.77 bits per heavy atom. The van der Waals surface area contributed by atoms with Crippen LogP contribution in [-0.2, 0) is 11.2 Å². The predicted molar refractivity (Wildman–Crippen MR) is 130 cm³/mol. The second-order valence-corrected chi connectivity index (χ2v) is 8.90. The molecular weight excluding hydrogens is 438 g/mol. The number of aryl methyl sites for hydroxylation is 1.